The first-order valence-corrected chi connectivity index (χ1v) is 12.7. The standard InChI is InChI=1S/C22H18N6O2S3/c1-12-16(13(2)30-28-12)11-32-22-27-17-4-3-14(7-19(17)33-22)25-20(29)8-15-10-31-21(26-15)18-9-23-5-6-24-18/h3-7,9-10H,8,11H2,1-2H3,(H,25,29). The predicted molar refractivity (Wildman–Crippen MR) is 131 cm³/mol. The highest BCUT2D eigenvalue weighted by Gasteiger charge is 2.13. The highest BCUT2D eigenvalue weighted by Crippen LogP contribution is 2.34. The molecule has 0 aliphatic rings. The molecular formula is C22H18N6O2S3. The normalized spacial score (nSPS) is 11.2. The summed E-state index contributed by atoms with van der Waals surface area (Å²) in [5.41, 5.74) is 5.07. The minimum absolute atomic E-state index is 0.122. The molecular weight excluding hydrogens is 476 g/mol. The molecule has 0 fully saturated rings. The number of benzene rings is 1. The molecule has 4 aromatic heterocycles. The summed E-state index contributed by atoms with van der Waals surface area (Å²) in [6.45, 7) is 3.87. The number of thioether (sulfide) groups is 1. The Bertz CT molecular complexity index is 1410. The molecule has 5 aromatic rings. The van der Waals surface area contributed by atoms with Crippen molar-refractivity contribution >= 4 is 56.2 Å². The molecule has 0 aliphatic carbocycles. The van der Waals surface area contributed by atoms with E-state index in [-0.39, 0.29) is 12.3 Å². The van der Waals surface area contributed by atoms with Crippen LogP contribution in [-0.2, 0) is 17.0 Å². The Labute approximate surface area is 201 Å². The molecule has 5 rings (SSSR count). The van der Waals surface area contributed by atoms with Gasteiger partial charge in [0.1, 0.15) is 16.5 Å². The lowest BCUT2D eigenvalue weighted by molar-refractivity contribution is -0.115. The van der Waals surface area contributed by atoms with Crippen LogP contribution < -0.4 is 5.32 Å². The van der Waals surface area contributed by atoms with Crippen LogP contribution in [0.15, 0.2) is 51.0 Å². The Balaban J connectivity index is 1.23. The third kappa shape index (κ3) is 4.95. The summed E-state index contributed by atoms with van der Waals surface area (Å²) in [7, 11) is 0. The van der Waals surface area contributed by atoms with Crippen LogP contribution in [0.5, 0.6) is 0 Å². The van der Waals surface area contributed by atoms with Crippen molar-refractivity contribution in [3.05, 3.63) is 64.9 Å². The van der Waals surface area contributed by atoms with Crippen LogP contribution in [0.1, 0.15) is 22.7 Å². The van der Waals surface area contributed by atoms with Gasteiger partial charge < -0.3 is 9.84 Å². The number of nitrogens with zero attached hydrogens (tertiary/aromatic N) is 5. The molecule has 0 spiro atoms. The van der Waals surface area contributed by atoms with Gasteiger partial charge in [-0.15, -0.1) is 22.7 Å². The summed E-state index contributed by atoms with van der Waals surface area (Å²) in [4.78, 5) is 30.1. The molecule has 33 heavy (non-hydrogen) atoms. The Morgan fingerprint density at radius 1 is 1.21 bits per heavy atom. The number of carbonyl (C=O) groups excluding carboxylic acids is 1. The van der Waals surface area contributed by atoms with E-state index in [9.17, 15) is 4.79 Å². The van der Waals surface area contributed by atoms with Crippen LogP contribution in [0.25, 0.3) is 20.9 Å². The summed E-state index contributed by atoms with van der Waals surface area (Å²) in [6.07, 6.45) is 5.09. The second-order valence-electron chi connectivity index (χ2n) is 7.21. The van der Waals surface area contributed by atoms with Crippen molar-refractivity contribution in [3.8, 4) is 10.7 Å². The zero-order valence-corrected chi connectivity index (χ0v) is 20.2. The molecule has 0 atom stereocenters. The third-order valence-electron chi connectivity index (χ3n) is 4.85. The molecule has 0 aliphatic heterocycles. The van der Waals surface area contributed by atoms with Gasteiger partial charge in [-0.3, -0.25) is 14.8 Å². The molecule has 0 saturated heterocycles. The van der Waals surface area contributed by atoms with E-state index in [1.807, 2.05) is 37.4 Å². The number of anilines is 1. The molecule has 1 aromatic carbocycles. The van der Waals surface area contributed by atoms with Gasteiger partial charge in [-0.2, -0.15) is 0 Å². The van der Waals surface area contributed by atoms with Gasteiger partial charge in [-0.1, -0.05) is 16.9 Å². The van der Waals surface area contributed by atoms with Crippen LogP contribution in [0.3, 0.4) is 0 Å². The van der Waals surface area contributed by atoms with E-state index in [4.69, 9.17) is 4.52 Å². The van der Waals surface area contributed by atoms with Crippen LogP contribution in [0, 0.1) is 13.8 Å². The Hall–Kier alpha value is -3.15. The number of aryl methyl sites for hydroxylation is 2. The van der Waals surface area contributed by atoms with Crippen molar-refractivity contribution in [2.45, 2.75) is 30.4 Å². The molecule has 4 heterocycles. The Morgan fingerprint density at radius 3 is 2.91 bits per heavy atom. The maximum absolute atomic E-state index is 12.6. The van der Waals surface area contributed by atoms with Crippen LogP contribution in [0.4, 0.5) is 5.69 Å². The quantitative estimate of drug-likeness (QED) is 0.304. The van der Waals surface area contributed by atoms with Crippen molar-refractivity contribution in [2.75, 3.05) is 5.32 Å². The highest BCUT2D eigenvalue weighted by atomic mass is 32.2. The lowest BCUT2D eigenvalue weighted by Gasteiger charge is -2.03. The Kier molecular flexibility index (Phi) is 6.16. The monoisotopic (exact) mass is 494 g/mol. The number of aromatic nitrogens is 5. The van der Waals surface area contributed by atoms with Gasteiger partial charge in [-0.25, -0.2) is 9.97 Å². The molecule has 0 unspecified atom stereocenters. The summed E-state index contributed by atoms with van der Waals surface area (Å²) < 4.78 is 7.22. The number of carbonyl (C=O) groups is 1. The summed E-state index contributed by atoms with van der Waals surface area (Å²) in [6, 6.07) is 5.75. The number of thiazole rings is 2. The zero-order chi connectivity index (χ0) is 22.8. The third-order valence-corrected chi connectivity index (χ3v) is 7.95. The van der Waals surface area contributed by atoms with Crippen molar-refractivity contribution in [3.63, 3.8) is 0 Å². The molecule has 0 saturated carbocycles. The molecule has 0 bridgehead atoms. The molecule has 11 heteroatoms. The van der Waals surface area contributed by atoms with E-state index < -0.39 is 0 Å². The predicted octanol–water partition coefficient (Wildman–Crippen LogP) is 5.29. The van der Waals surface area contributed by atoms with E-state index in [0.717, 1.165) is 48.0 Å². The van der Waals surface area contributed by atoms with Crippen LogP contribution in [0.2, 0.25) is 0 Å². The second-order valence-corrected chi connectivity index (χ2v) is 10.3. The average Bonchev–Trinajstić information content (AvgIpc) is 3.52. The average molecular weight is 495 g/mol. The minimum atomic E-state index is -0.122. The highest BCUT2D eigenvalue weighted by molar-refractivity contribution is 8.00. The molecule has 1 amide bonds. The first-order valence-electron chi connectivity index (χ1n) is 10.0. The van der Waals surface area contributed by atoms with Crippen molar-refractivity contribution in [1.29, 1.82) is 0 Å². The topological polar surface area (TPSA) is 107 Å². The zero-order valence-electron chi connectivity index (χ0n) is 17.7. The van der Waals surface area contributed by atoms with E-state index in [1.54, 1.807) is 41.7 Å². The van der Waals surface area contributed by atoms with Crippen LogP contribution in [-0.4, -0.2) is 31.0 Å². The summed E-state index contributed by atoms with van der Waals surface area (Å²) in [5, 5.41) is 9.58. The first-order chi connectivity index (χ1) is 16.0. The molecule has 8 nitrogen and oxygen atoms in total. The number of nitrogens with one attached hydrogen (secondary N) is 1. The molecule has 1 N–H and O–H groups in total. The molecule has 166 valence electrons. The van der Waals surface area contributed by atoms with Crippen LogP contribution >= 0.6 is 34.4 Å². The maximum atomic E-state index is 12.6. The van der Waals surface area contributed by atoms with Crippen molar-refractivity contribution in [2.24, 2.45) is 0 Å². The van der Waals surface area contributed by atoms with Gasteiger partial charge in [0.25, 0.3) is 0 Å². The van der Waals surface area contributed by atoms with Gasteiger partial charge >= 0.3 is 0 Å². The second kappa shape index (κ2) is 9.38. The molecule has 0 radical (unpaired) electrons. The largest absolute Gasteiger partial charge is 0.361 e. The van der Waals surface area contributed by atoms with Gasteiger partial charge in [0.15, 0.2) is 4.34 Å². The minimum Gasteiger partial charge on any atom is -0.361 e. The van der Waals surface area contributed by atoms with Gasteiger partial charge in [0.05, 0.1) is 34.2 Å². The lowest BCUT2D eigenvalue weighted by Crippen LogP contribution is -2.14. The number of rotatable bonds is 7. The number of hydrogen-bond donors (Lipinski definition) is 1. The van der Waals surface area contributed by atoms with E-state index >= 15 is 0 Å². The lowest BCUT2D eigenvalue weighted by atomic mass is 10.2. The smallest absolute Gasteiger partial charge is 0.230 e. The Morgan fingerprint density at radius 2 is 2.12 bits per heavy atom. The van der Waals surface area contributed by atoms with E-state index in [0.29, 0.717) is 11.4 Å². The SMILES string of the molecule is Cc1noc(C)c1CSc1nc2ccc(NC(=O)Cc3csc(-c4cnccn4)n3)cc2s1. The fourth-order valence-electron chi connectivity index (χ4n) is 3.17. The van der Waals surface area contributed by atoms with Crippen molar-refractivity contribution < 1.29 is 9.32 Å². The fourth-order valence-corrected chi connectivity index (χ4v) is 6.21. The maximum Gasteiger partial charge on any atom is 0.230 e. The van der Waals surface area contributed by atoms with E-state index in [1.165, 1.54) is 11.3 Å². The number of amides is 1. The summed E-state index contributed by atoms with van der Waals surface area (Å²) >= 11 is 4.71. The van der Waals surface area contributed by atoms with Gasteiger partial charge in [-0.05, 0) is 32.0 Å². The van der Waals surface area contributed by atoms with Gasteiger partial charge in [0.2, 0.25) is 5.91 Å². The van der Waals surface area contributed by atoms with Crippen molar-refractivity contribution in [1.82, 2.24) is 25.1 Å². The van der Waals surface area contributed by atoms with Gasteiger partial charge in [0, 0.05) is 34.8 Å². The number of hydrogen-bond acceptors (Lipinski definition) is 10. The van der Waals surface area contributed by atoms with E-state index in [2.05, 4.69) is 30.4 Å². The number of fused-ring (bicyclic) bond motifs is 1. The summed E-state index contributed by atoms with van der Waals surface area (Å²) in [5.74, 6) is 1.48. The fraction of sp³-hybridized carbons (Fsp3) is 0.182. The first kappa shape index (κ1) is 21.7.